The Bertz CT molecular complexity index is 637. The fraction of sp³-hybridized carbons (Fsp3) is 0.316. The molecule has 0 aromatic heterocycles. The normalized spacial score (nSPS) is 10.2. The van der Waals surface area contributed by atoms with Crippen LogP contribution in [0.5, 0.6) is 0 Å². The molecule has 0 heterocycles. The van der Waals surface area contributed by atoms with E-state index in [1.54, 1.807) is 0 Å². The van der Waals surface area contributed by atoms with Gasteiger partial charge in [-0.1, -0.05) is 30.3 Å². The van der Waals surface area contributed by atoms with E-state index >= 15 is 0 Å². The Kier molecular flexibility index (Phi) is 6.03. The summed E-state index contributed by atoms with van der Waals surface area (Å²) >= 11 is 0. The van der Waals surface area contributed by atoms with Gasteiger partial charge in [0.15, 0.2) is 0 Å². The van der Waals surface area contributed by atoms with E-state index in [1.165, 1.54) is 0 Å². The molecule has 1 amide bonds. The Hall–Kier alpha value is -2.49. The largest absolute Gasteiger partial charge is 0.444 e. The number of anilines is 2. The van der Waals surface area contributed by atoms with Gasteiger partial charge >= 0.3 is 6.09 Å². The first-order valence-electron chi connectivity index (χ1n) is 7.97. The summed E-state index contributed by atoms with van der Waals surface area (Å²) in [6.45, 7) is 8.44. The van der Waals surface area contributed by atoms with Crippen LogP contribution >= 0.6 is 0 Å². The second-order valence-electron chi connectivity index (χ2n) is 5.36. The van der Waals surface area contributed by atoms with Crippen molar-refractivity contribution in [2.24, 2.45) is 0 Å². The predicted molar refractivity (Wildman–Crippen MR) is 95.0 cm³/mol. The third-order valence-electron chi connectivity index (χ3n) is 3.79. The van der Waals surface area contributed by atoms with E-state index in [2.05, 4.69) is 30.1 Å². The van der Waals surface area contributed by atoms with Crippen LogP contribution < -0.4 is 10.2 Å². The summed E-state index contributed by atoms with van der Waals surface area (Å²) < 4.78 is 5.25. The lowest BCUT2D eigenvalue weighted by Crippen LogP contribution is -2.22. The SMILES string of the molecule is CCN(CC)c1ccc(NC(=O)OCc2ccccc2)c(C)c1. The van der Waals surface area contributed by atoms with Crippen LogP contribution in [0.3, 0.4) is 0 Å². The zero-order valence-corrected chi connectivity index (χ0v) is 14.0. The Morgan fingerprint density at radius 2 is 1.78 bits per heavy atom. The molecule has 0 bridgehead atoms. The van der Waals surface area contributed by atoms with Crippen molar-refractivity contribution in [3.8, 4) is 0 Å². The van der Waals surface area contributed by atoms with Crippen LogP contribution in [0.15, 0.2) is 48.5 Å². The number of aryl methyl sites for hydroxylation is 1. The predicted octanol–water partition coefficient (Wildman–Crippen LogP) is 4.59. The third-order valence-corrected chi connectivity index (χ3v) is 3.79. The van der Waals surface area contributed by atoms with Gasteiger partial charge in [0, 0.05) is 24.5 Å². The summed E-state index contributed by atoms with van der Waals surface area (Å²) in [6.07, 6.45) is -0.437. The summed E-state index contributed by atoms with van der Waals surface area (Å²) in [5.41, 5.74) is 3.93. The molecule has 2 aromatic rings. The number of carbonyl (C=O) groups excluding carboxylic acids is 1. The highest BCUT2D eigenvalue weighted by Gasteiger charge is 2.08. The number of carbonyl (C=O) groups is 1. The molecule has 0 aliphatic carbocycles. The molecule has 0 spiro atoms. The number of nitrogens with zero attached hydrogens (tertiary/aromatic N) is 1. The number of benzene rings is 2. The minimum atomic E-state index is -0.437. The van der Waals surface area contributed by atoms with Gasteiger partial charge in [0.05, 0.1) is 0 Å². The van der Waals surface area contributed by atoms with Crippen molar-refractivity contribution >= 4 is 17.5 Å². The molecule has 2 rings (SSSR count). The van der Waals surface area contributed by atoms with Crippen LogP contribution in [-0.2, 0) is 11.3 Å². The quantitative estimate of drug-likeness (QED) is 0.848. The van der Waals surface area contributed by atoms with E-state index < -0.39 is 6.09 Å². The average Bonchev–Trinajstić information content (AvgIpc) is 2.57. The summed E-state index contributed by atoms with van der Waals surface area (Å²) in [6, 6.07) is 15.7. The number of nitrogens with one attached hydrogen (secondary N) is 1. The van der Waals surface area contributed by atoms with Crippen molar-refractivity contribution in [1.82, 2.24) is 0 Å². The third kappa shape index (κ3) is 4.74. The van der Waals surface area contributed by atoms with Crippen LogP contribution in [-0.4, -0.2) is 19.2 Å². The minimum absolute atomic E-state index is 0.267. The number of ether oxygens (including phenoxy) is 1. The second-order valence-corrected chi connectivity index (χ2v) is 5.36. The fourth-order valence-corrected chi connectivity index (χ4v) is 2.44. The van der Waals surface area contributed by atoms with Crippen molar-refractivity contribution in [2.75, 3.05) is 23.3 Å². The summed E-state index contributed by atoms with van der Waals surface area (Å²) in [5.74, 6) is 0. The fourth-order valence-electron chi connectivity index (χ4n) is 2.44. The first kappa shape index (κ1) is 16.9. The van der Waals surface area contributed by atoms with Gasteiger partial charge in [0.2, 0.25) is 0 Å². The van der Waals surface area contributed by atoms with Gasteiger partial charge < -0.3 is 9.64 Å². The molecular formula is C19H24N2O2. The van der Waals surface area contributed by atoms with Gasteiger partial charge in [-0.2, -0.15) is 0 Å². The van der Waals surface area contributed by atoms with Crippen molar-refractivity contribution in [3.05, 3.63) is 59.7 Å². The van der Waals surface area contributed by atoms with Gasteiger partial charge in [0.25, 0.3) is 0 Å². The lowest BCUT2D eigenvalue weighted by molar-refractivity contribution is 0.155. The van der Waals surface area contributed by atoms with Gasteiger partial charge in [-0.3, -0.25) is 5.32 Å². The van der Waals surface area contributed by atoms with Gasteiger partial charge in [-0.15, -0.1) is 0 Å². The van der Waals surface area contributed by atoms with E-state index in [0.717, 1.165) is 35.6 Å². The van der Waals surface area contributed by atoms with Crippen LogP contribution in [0.25, 0.3) is 0 Å². The van der Waals surface area contributed by atoms with Crippen molar-refractivity contribution in [1.29, 1.82) is 0 Å². The maximum Gasteiger partial charge on any atom is 0.411 e. The van der Waals surface area contributed by atoms with Crippen LogP contribution in [0.1, 0.15) is 25.0 Å². The van der Waals surface area contributed by atoms with Crippen molar-refractivity contribution in [3.63, 3.8) is 0 Å². The van der Waals surface area contributed by atoms with Crippen molar-refractivity contribution < 1.29 is 9.53 Å². The second kappa shape index (κ2) is 8.22. The number of amides is 1. The molecule has 0 saturated carbocycles. The molecule has 0 fully saturated rings. The molecule has 0 aliphatic rings. The summed E-state index contributed by atoms with van der Waals surface area (Å²) in [7, 11) is 0. The average molecular weight is 312 g/mol. The van der Waals surface area contributed by atoms with E-state index in [4.69, 9.17) is 4.74 Å². The molecule has 122 valence electrons. The number of hydrogen-bond acceptors (Lipinski definition) is 3. The standard InChI is InChI=1S/C19H24N2O2/c1-4-21(5-2)17-11-12-18(15(3)13-17)20-19(22)23-14-16-9-7-6-8-10-16/h6-13H,4-5,14H2,1-3H3,(H,20,22). The molecule has 0 saturated heterocycles. The molecule has 0 aliphatic heterocycles. The lowest BCUT2D eigenvalue weighted by atomic mass is 10.1. The highest BCUT2D eigenvalue weighted by molar-refractivity contribution is 5.86. The Labute approximate surface area is 138 Å². The monoisotopic (exact) mass is 312 g/mol. The van der Waals surface area contributed by atoms with Crippen LogP contribution in [0.2, 0.25) is 0 Å². The molecule has 2 aromatic carbocycles. The van der Waals surface area contributed by atoms with Gasteiger partial charge in [-0.25, -0.2) is 4.79 Å². The molecular weight excluding hydrogens is 288 g/mol. The zero-order chi connectivity index (χ0) is 16.7. The van der Waals surface area contributed by atoms with E-state index in [-0.39, 0.29) is 6.61 Å². The van der Waals surface area contributed by atoms with Crippen LogP contribution in [0.4, 0.5) is 16.2 Å². The molecule has 4 nitrogen and oxygen atoms in total. The molecule has 23 heavy (non-hydrogen) atoms. The topological polar surface area (TPSA) is 41.6 Å². The number of rotatable bonds is 6. The highest BCUT2D eigenvalue weighted by atomic mass is 16.5. The van der Waals surface area contributed by atoms with E-state index in [9.17, 15) is 4.79 Å². The Morgan fingerprint density at radius 1 is 1.09 bits per heavy atom. The molecule has 1 N–H and O–H groups in total. The zero-order valence-electron chi connectivity index (χ0n) is 14.0. The first-order chi connectivity index (χ1) is 11.1. The van der Waals surface area contributed by atoms with E-state index in [1.807, 2.05) is 49.4 Å². The maximum atomic E-state index is 11.9. The Balaban J connectivity index is 1.95. The minimum Gasteiger partial charge on any atom is -0.444 e. The van der Waals surface area contributed by atoms with Gasteiger partial charge in [-0.05, 0) is 50.1 Å². The first-order valence-corrected chi connectivity index (χ1v) is 7.97. The molecule has 0 unspecified atom stereocenters. The van der Waals surface area contributed by atoms with Crippen molar-refractivity contribution in [2.45, 2.75) is 27.4 Å². The van der Waals surface area contributed by atoms with Gasteiger partial charge in [0.1, 0.15) is 6.61 Å². The smallest absolute Gasteiger partial charge is 0.411 e. The lowest BCUT2D eigenvalue weighted by Gasteiger charge is -2.22. The molecule has 0 radical (unpaired) electrons. The van der Waals surface area contributed by atoms with E-state index in [0.29, 0.717) is 0 Å². The number of hydrogen-bond donors (Lipinski definition) is 1. The molecule has 0 atom stereocenters. The summed E-state index contributed by atoms with van der Waals surface area (Å²) in [4.78, 5) is 14.2. The van der Waals surface area contributed by atoms with Crippen LogP contribution in [0, 0.1) is 6.92 Å². The highest BCUT2D eigenvalue weighted by Crippen LogP contribution is 2.22. The maximum absolute atomic E-state index is 11.9. The summed E-state index contributed by atoms with van der Waals surface area (Å²) in [5, 5.41) is 2.80. The Morgan fingerprint density at radius 3 is 2.39 bits per heavy atom. The molecule has 4 heteroatoms.